The second-order valence-corrected chi connectivity index (χ2v) is 2.71. The van der Waals surface area contributed by atoms with Gasteiger partial charge in [-0.1, -0.05) is 0 Å². The van der Waals surface area contributed by atoms with Crippen LogP contribution >= 0.6 is 0 Å². The van der Waals surface area contributed by atoms with Gasteiger partial charge in [-0.05, 0) is 12.2 Å². The molecule has 0 aromatic rings. The zero-order chi connectivity index (χ0) is 8.55. The van der Waals surface area contributed by atoms with Gasteiger partial charge in [-0.2, -0.15) is 0 Å². The standard InChI is InChI=1S/C7H10N4O/c8-7(12)5-4-9-6-2-1-3-10-11(5)6/h1-3,5,9-10H,4H2,(H2,8,12). The number of hydrogen-bond acceptors (Lipinski definition) is 4. The molecule has 1 atom stereocenters. The van der Waals surface area contributed by atoms with E-state index in [9.17, 15) is 4.79 Å². The number of hydrazine groups is 1. The van der Waals surface area contributed by atoms with Crippen molar-refractivity contribution in [2.45, 2.75) is 6.04 Å². The molecule has 2 aliphatic rings. The van der Waals surface area contributed by atoms with E-state index in [0.717, 1.165) is 5.82 Å². The van der Waals surface area contributed by atoms with Crippen LogP contribution in [-0.4, -0.2) is 23.5 Å². The molecule has 64 valence electrons. The van der Waals surface area contributed by atoms with Crippen LogP contribution in [0.4, 0.5) is 0 Å². The van der Waals surface area contributed by atoms with E-state index in [1.807, 2.05) is 12.2 Å². The highest BCUT2D eigenvalue weighted by atomic mass is 16.1. The van der Waals surface area contributed by atoms with Crippen molar-refractivity contribution >= 4 is 5.91 Å². The van der Waals surface area contributed by atoms with Gasteiger partial charge in [-0.3, -0.25) is 9.80 Å². The number of carbonyl (C=O) groups excluding carboxylic acids is 1. The minimum Gasteiger partial charge on any atom is -0.368 e. The molecule has 2 aliphatic heterocycles. The van der Waals surface area contributed by atoms with Crippen molar-refractivity contribution in [1.29, 1.82) is 0 Å². The number of nitrogens with zero attached hydrogens (tertiary/aromatic N) is 1. The van der Waals surface area contributed by atoms with Crippen LogP contribution in [0.5, 0.6) is 0 Å². The van der Waals surface area contributed by atoms with Crippen LogP contribution in [0.15, 0.2) is 24.2 Å². The molecule has 0 radical (unpaired) electrons. The fraction of sp³-hybridized carbons (Fsp3) is 0.286. The van der Waals surface area contributed by atoms with Crippen LogP contribution in [0, 0.1) is 0 Å². The van der Waals surface area contributed by atoms with E-state index in [0.29, 0.717) is 6.54 Å². The van der Waals surface area contributed by atoms with Crippen molar-refractivity contribution < 1.29 is 4.79 Å². The van der Waals surface area contributed by atoms with Crippen molar-refractivity contribution in [2.75, 3.05) is 6.54 Å². The van der Waals surface area contributed by atoms with Crippen LogP contribution in [-0.2, 0) is 4.79 Å². The van der Waals surface area contributed by atoms with Gasteiger partial charge in [-0.15, -0.1) is 0 Å². The Labute approximate surface area is 69.9 Å². The van der Waals surface area contributed by atoms with E-state index in [1.54, 1.807) is 11.2 Å². The molecule has 0 aromatic heterocycles. The van der Waals surface area contributed by atoms with Gasteiger partial charge in [-0.25, -0.2) is 0 Å². The Kier molecular flexibility index (Phi) is 1.43. The average Bonchev–Trinajstić information content (AvgIpc) is 2.47. The molecule has 2 heterocycles. The molecule has 1 amide bonds. The summed E-state index contributed by atoms with van der Waals surface area (Å²) in [6.45, 7) is 0.565. The van der Waals surface area contributed by atoms with Crippen LogP contribution < -0.4 is 16.5 Å². The van der Waals surface area contributed by atoms with Crippen molar-refractivity contribution in [3.8, 4) is 0 Å². The SMILES string of the molecule is NC(=O)C1CNC2=CC=CNN21. The lowest BCUT2D eigenvalue weighted by Gasteiger charge is -2.25. The zero-order valence-corrected chi connectivity index (χ0v) is 6.45. The summed E-state index contributed by atoms with van der Waals surface area (Å²) in [7, 11) is 0. The molecule has 5 nitrogen and oxygen atoms in total. The molecule has 1 fully saturated rings. The summed E-state index contributed by atoms with van der Waals surface area (Å²) in [5.41, 5.74) is 8.13. The van der Waals surface area contributed by atoms with Crippen LogP contribution in [0.2, 0.25) is 0 Å². The number of hydrogen-bond donors (Lipinski definition) is 3. The lowest BCUT2D eigenvalue weighted by Crippen LogP contribution is -2.47. The number of nitrogens with two attached hydrogens (primary N) is 1. The summed E-state index contributed by atoms with van der Waals surface area (Å²) in [5.74, 6) is 0.565. The minimum absolute atomic E-state index is 0.291. The molecule has 0 bridgehead atoms. The highest BCUT2D eigenvalue weighted by Gasteiger charge is 2.32. The highest BCUT2D eigenvalue weighted by Crippen LogP contribution is 2.13. The highest BCUT2D eigenvalue weighted by molar-refractivity contribution is 5.81. The molecular formula is C7H10N4O. The summed E-state index contributed by atoms with van der Waals surface area (Å²) in [6.07, 6.45) is 5.51. The smallest absolute Gasteiger partial charge is 0.244 e. The predicted molar refractivity (Wildman–Crippen MR) is 43.2 cm³/mol. The Morgan fingerprint density at radius 2 is 2.58 bits per heavy atom. The summed E-state index contributed by atoms with van der Waals surface area (Å²) < 4.78 is 0. The van der Waals surface area contributed by atoms with Crippen LogP contribution in [0.1, 0.15) is 0 Å². The third kappa shape index (κ3) is 0.903. The van der Waals surface area contributed by atoms with Crippen molar-refractivity contribution in [1.82, 2.24) is 15.8 Å². The first kappa shape index (κ1) is 7.02. The molecular weight excluding hydrogens is 156 g/mol. The number of rotatable bonds is 1. The topological polar surface area (TPSA) is 70.4 Å². The molecule has 0 aliphatic carbocycles. The number of carbonyl (C=O) groups is 1. The summed E-state index contributed by atoms with van der Waals surface area (Å²) in [4.78, 5) is 10.9. The first-order chi connectivity index (χ1) is 5.79. The summed E-state index contributed by atoms with van der Waals surface area (Å²) in [6, 6.07) is -0.291. The van der Waals surface area contributed by atoms with E-state index in [4.69, 9.17) is 5.73 Å². The van der Waals surface area contributed by atoms with Gasteiger partial charge in [0.05, 0.1) is 0 Å². The van der Waals surface area contributed by atoms with E-state index < -0.39 is 0 Å². The third-order valence-electron chi connectivity index (χ3n) is 1.94. The van der Waals surface area contributed by atoms with Crippen molar-refractivity contribution in [3.05, 3.63) is 24.2 Å². The quantitative estimate of drug-likeness (QED) is 0.449. The maximum absolute atomic E-state index is 10.9. The fourth-order valence-corrected chi connectivity index (χ4v) is 1.33. The number of amides is 1. The number of primary amides is 1. The molecule has 2 rings (SSSR count). The molecule has 0 aromatic carbocycles. The number of fused-ring (bicyclic) bond motifs is 1. The second kappa shape index (κ2) is 2.44. The molecule has 0 spiro atoms. The molecule has 12 heavy (non-hydrogen) atoms. The molecule has 5 heteroatoms. The Balaban J connectivity index is 2.20. The fourth-order valence-electron chi connectivity index (χ4n) is 1.33. The average molecular weight is 166 g/mol. The monoisotopic (exact) mass is 166 g/mol. The Hall–Kier alpha value is -1.65. The van der Waals surface area contributed by atoms with Gasteiger partial charge in [0.25, 0.3) is 0 Å². The maximum Gasteiger partial charge on any atom is 0.244 e. The largest absolute Gasteiger partial charge is 0.368 e. The van der Waals surface area contributed by atoms with Crippen LogP contribution in [0.3, 0.4) is 0 Å². The van der Waals surface area contributed by atoms with Gasteiger partial charge < -0.3 is 16.5 Å². The molecule has 1 saturated heterocycles. The lowest BCUT2D eigenvalue weighted by atomic mass is 10.3. The third-order valence-corrected chi connectivity index (χ3v) is 1.94. The summed E-state index contributed by atoms with van der Waals surface area (Å²) >= 11 is 0. The Morgan fingerprint density at radius 3 is 3.33 bits per heavy atom. The first-order valence-electron chi connectivity index (χ1n) is 3.74. The van der Waals surface area contributed by atoms with Gasteiger partial charge in [0, 0.05) is 12.7 Å². The van der Waals surface area contributed by atoms with E-state index in [2.05, 4.69) is 10.7 Å². The maximum atomic E-state index is 10.9. The zero-order valence-electron chi connectivity index (χ0n) is 6.45. The Morgan fingerprint density at radius 1 is 1.75 bits per heavy atom. The van der Waals surface area contributed by atoms with Gasteiger partial charge in [0.1, 0.15) is 11.9 Å². The van der Waals surface area contributed by atoms with E-state index in [1.165, 1.54) is 0 Å². The predicted octanol–water partition coefficient (Wildman–Crippen LogP) is -1.38. The minimum atomic E-state index is -0.325. The van der Waals surface area contributed by atoms with Crippen molar-refractivity contribution in [3.63, 3.8) is 0 Å². The first-order valence-corrected chi connectivity index (χ1v) is 3.74. The lowest BCUT2D eigenvalue weighted by molar-refractivity contribution is -0.122. The molecule has 4 N–H and O–H groups in total. The number of allylic oxidation sites excluding steroid dienone is 2. The van der Waals surface area contributed by atoms with E-state index >= 15 is 0 Å². The molecule has 0 saturated carbocycles. The van der Waals surface area contributed by atoms with Gasteiger partial charge in [0.2, 0.25) is 5.91 Å². The second-order valence-electron chi connectivity index (χ2n) is 2.71. The van der Waals surface area contributed by atoms with E-state index in [-0.39, 0.29) is 11.9 Å². The van der Waals surface area contributed by atoms with Gasteiger partial charge in [0.15, 0.2) is 0 Å². The van der Waals surface area contributed by atoms with Gasteiger partial charge >= 0.3 is 0 Å². The summed E-state index contributed by atoms with van der Waals surface area (Å²) in [5, 5.41) is 4.79. The van der Waals surface area contributed by atoms with Crippen molar-refractivity contribution in [2.24, 2.45) is 5.73 Å². The molecule has 1 unspecified atom stereocenters. The number of nitrogens with one attached hydrogen (secondary N) is 2. The normalized spacial score (nSPS) is 25.5. The Bertz CT molecular complexity index is 271. The van der Waals surface area contributed by atoms with Crippen LogP contribution in [0.25, 0.3) is 0 Å².